The molecule has 0 atom stereocenters. The molecule has 0 N–H and O–H groups in total. The Morgan fingerprint density at radius 2 is 1.94 bits per heavy atom. The van der Waals surface area contributed by atoms with Crippen LogP contribution in [0.3, 0.4) is 0 Å². The van der Waals surface area contributed by atoms with Crippen LogP contribution in [0.2, 0.25) is 5.28 Å². The first kappa shape index (κ1) is 11.9. The van der Waals surface area contributed by atoms with Gasteiger partial charge in [-0.3, -0.25) is 4.57 Å². The summed E-state index contributed by atoms with van der Waals surface area (Å²) >= 11 is 5.75. The van der Waals surface area contributed by atoms with Crippen LogP contribution in [0.4, 0.5) is 13.2 Å². The maximum atomic E-state index is 12.5. The molecule has 0 spiro atoms. The van der Waals surface area contributed by atoms with Crippen LogP contribution < -0.4 is 0 Å². The van der Waals surface area contributed by atoms with Gasteiger partial charge in [-0.25, -0.2) is 0 Å². The molecule has 0 fully saturated rings. The summed E-state index contributed by atoms with van der Waals surface area (Å²) < 4.78 is 39.0. The van der Waals surface area contributed by atoms with Crippen LogP contribution >= 0.6 is 11.6 Å². The van der Waals surface area contributed by atoms with E-state index in [0.29, 0.717) is 5.82 Å². The van der Waals surface area contributed by atoms with Gasteiger partial charge in [-0.2, -0.15) is 13.2 Å². The molecule has 0 aliphatic heterocycles. The van der Waals surface area contributed by atoms with E-state index in [0.717, 1.165) is 12.1 Å². The number of aromatic nitrogens is 3. The first-order valence-corrected chi connectivity index (χ1v) is 5.02. The van der Waals surface area contributed by atoms with E-state index in [1.54, 1.807) is 6.92 Å². The Balaban J connectivity index is 2.55. The first-order valence-electron chi connectivity index (χ1n) is 4.65. The molecule has 17 heavy (non-hydrogen) atoms. The van der Waals surface area contributed by atoms with Crippen molar-refractivity contribution in [3.8, 4) is 5.69 Å². The molecule has 1 aromatic carbocycles. The van der Waals surface area contributed by atoms with Gasteiger partial charge < -0.3 is 0 Å². The fraction of sp³-hybridized carbons (Fsp3) is 0.200. The molecule has 0 bridgehead atoms. The van der Waals surface area contributed by atoms with Crippen LogP contribution in [0, 0.1) is 6.92 Å². The van der Waals surface area contributed by atoms with E-state index >= 15 is 0 Å². The number of benzene rings is 1. The van der Waals surface area contributed by atoms with Crippen LogP contribution in [0.25, 0.3) is 5.69 Å². The Morgan fingerprint density at radius 3 is 2.47 bits per heavy atom. The smallest absolute Gasteiger partial charge is 0.270 e. The van der Waals surface area contributed by atoms with Crippen molar-refractivity contribution in [3.05, 3.63) is 40.9 Å². The Labute approximate surface area is 99.8 Å². The minimum Gasteiger partial charge on any atom is -0.270 e. The zero-order chi connectivity index (χ0) is 12.6. The van der Waals surface area contributed by atoms with Gasteiger partial charge in [-0.05, 0) is 36.7 Å². The number of nitrogens with zero attached hydrogens (tertiary/aromatic N) is 3. The summed E-state index contributed by atoms with van der Waals surface area (Å²) in [6.07, 6.45) is -4.38. The van der Waals surface area contributed by atoms with Gasteiger partial charge in [0, 0.05) is 0 Å². The van der Waals surface area contributed by atoms with Gasteiger partial charge >= 0.3 is 6.18 Å². The third-order valence-electron chi connectivity index (χ3n) is 2.22. The van der Waals surface area contributed by atoms with E-state index in [-0.39, 0.29) is 11.0 Å². The highest BCUT2D eigenvalue weighted by Gasteiger charge is 2.30. The minimum absolute atomic E-state index is 0.0295. The Hall–Kier alpha value is -1.56. The van der Waals surface area contributed by atoms with Crippen molar-refractivity contribution >= 4 is 11.6 Å². The van der Waals surface area contributed by atoms with Gasteiger partial charge in [-0.1, -0.05) is 6.07 Å². The largest absolute Gasteiger partial charge is 0.416 e. The van der Waals surface area contributed by atoms with Gasteiger partial charge in [0.05, 0.1) is 11.3 Å². The van der Waals surface area contributed by atoms with Crippen molar-refractivity contribution < 1.29 is 13.2 Å². The normalized spacial score (nSPS) is 11.8. The highest BCUT2D eigenvalue weighted by molar-refractivity contribution is 6.28. The Bertz CT molecular complexity index is 528. The van der Waals surface area contributed by atoms with Crippen LogP contribution in [-0.4, -0.2) is 14.8 Å². The van der Waals surface area contributed by atoms with Crippen LogP contribution in [0.1, 0.15) is 11.4 Å². The van der Waals surface area contributed by atoms with E-state index in [4.69, 9.17) is 11.6 Å². The quantitative estimate of drug-likeness (QED) is 0.789. The highest BCUT2D eigenvalue weighted by Crippen LogP contribution is 2.30. The van der Waals surface area contributed by atoms with Crippen LogP contribution in [-0.2, 0) is 6.18 Å². The molecular weight excluding hydrogens is 255 g/mol. The number of halogens is 4. The van der Waals surface area contributed by atoms with Crippen molar-refractivity contribution in [1.82, 2.24) is 14.8 Å². The number of aryl methyl sites for hydroxylation is 1. The summed E-state index contributed by atoms with van der Waals surface area (Å²) in [5, 5.41) is 7.30. The Kier molecular flexibility index (Phi) is 2.82. The second kappa shape index (κ2) is 4.03. The predicted molar refractivity (Wildman–Crippen MR) is 56.1 cm³/mol. The summed E-state index contributed by atoms with van der Waals surface area (Å²) in [4.78, 5) is 0. The summed E-state index contributed by atoms with van der Waals surface area (Å²) in [6, 6.07) is 4.82. The molecule has 0 saturated carbocycles. The lowest BCUT2D eigenvalue weighted by Crippen LogP contribution is -2.06. The second-order valence-corrected chi connectivity index (χ2v) is 3.74. The standard InChI is InChI=1S/C10H7ClF3N3/c1-6-15-16-9(11)17(6)8-4-2-3-7(5-8)10(12,13)14/h2-5H,1H3. The number of hydrogen-bond donors (Lipinski definition) is 0. The molecule has 0 unspecified atom stereocenters. The van der Waals surface area contributed by atoms with Crippen molar-refractivity contribution in [2.45, 2.75) is 13.1 Å². The average Bonchev–Trinajstić information content (AvgIpc) is 2.57. The summed E-state index contributed by atoms with van der Waals surface area (Å²) in [5.41, 5.74) is -0.452. The van der Waals surface area contributed by atoms with E-state index in [1.165, 1.54) is 16.7 Å². The van der Waals surface area contributed by atoms with Crippen LogP contribution in [0.15, 0.2) is 24.3 Å². The molecule has 0 radical (unpaired) electrons. The van der Waals surface area contributed by atoms with Gasteiger partial charge in [0.1, 0.15) is 5.82 Å². The van der Waals surface area contributed by atoms with E-state index < -0.39 is 11.7 Å². The maximum Gasteiger partial charge on any atom is 0.416 e. The fourth-order valence-electron chi connectivity index (χ4n) is 1.45. The molecule has 1 heterocycles. The SMILES string of the molecule is Cc1nnc(Cl)n1-c1cccc(C(F)(F)F)c1. The van der Waals surface area contributed by atoms with E-state index in [2.05, 4.69) is 10.2 Å². The van der Waals surface area contributed by atoms with Gasteiger partial charge in [0.2, 0.25) is 5.28 Å². The maximum absolute atomic E-state index is 12.5. The van der Waals surface area contributed by atoms with Crippen LogP contribution in [0.5, 0.6) is 0 Å². The topological polar surface area (TPSA) is 30.7 Å². The van der Waals surface area contributed by atoms with E-state index in [9.17, 15) is 13.2 Å². The molecule has 1 aromatic heterocycles. The Morgan fingerprint density at radius 1 is 1.24 bits per heavy atom. The lowest BCUT2D eigenvalue weighted by atomic mass is 10.2. The molecule has 0 saturated heterocycles. The van der Waals surface area contributed by atoms with Gasteiger partial charge in [0.15, 0.2) is 0 Å². The van der Waals surface area contributed by atoms with Crippen molar-refractivity contribution in [2.75, 3.05) is 0 Å². The number of alkyl halides is 3. The lowest BCUT2D eigenvalue weighted by Gasteiger charge is -2.10. The van der Waals surface area contributed by atoms with Gasteiger partial charge in [0.25, 0.3) is 0 Å². The number of hydrogen-bond acceptors (Lipinski definition) is 2. The van der Waals surface area contributed by atoms with Crippen molar-refractivity contribution in [2.24, 2.45) is 0 Å². The molecule has 3 nitrogen and oxygen atoms in total. The molecule has 2 rings (SSSR count). The lowest BCUT2D eigenvalue weighted by molar-refractivity contribution is -0.137. The fourth-order valence-corrected chi connectivity index (χ4v) is 1.71. The third kappa shape index (κ3) is 2.26. The second-order valence-electron chi connectivity index (χ2n) is 3.40. The molecule has 0 amide bonds. The molecule has 90 valence electrons. The van der Waals surface area contributed by atoms with Gasteiger partial charge in [-0.15, -0.1) is 10.2 Å². The molecular formula is C10H7ClF3N3. The molecule has 7 heteroatoms. The number of rotatable bonds is 1. The van der Waals surface area contributed by atoms with Crippen molar-refractivity contribution in [3.63, 3.8) is 0 Å². The zero-order valence-corrected chi connectivity index (χ0v) is 9.42. The minimum atomic E-state index is -4.38. The monoisotopic (exact) mass is 261 g/mol. The molecule has 0 aliphatic rings. The predicted octanol–water partition coefficient (Wildman–Crippen LogP) is 3.25. The van der Waals surface area contributed by atoms with Crippen molar-refractivity contribution in [1.29, 1.82) is 0 Å². The first-order chi connectivity index (χ1) is 7.89. The molecule has 2 aromatic rings. The average molecular weight is 262 g/mol. The summed E-state index contributed by atoms with van der Waals surface area (Å²) in [7, 11) is 0. The molecule has 0 aliphatic carbocycles. The summed E-state index contributed by atoms with van der Waals surface area (Å²) in [6.45, 7) is 1.61. The summed E-state index contributed by atoms with van der Waals surface area (Å²) in [5.74, 6) is 0.425. The highest BCUT2D eigenvalue weighted by atomic mass is 35.5. The zero-order valence-electron chi connectivity index (χ0n) is 8.66. The third-order valence-corrected chi connectivity index (χ3v) is 2.46. The van der Waals surface area contributed by atoms with E-state index in [1.807, 2.05) is 0 Å².